The highest BCUT2D eigenvalue weighted by molar-refractivity contribution is 5.99. The zero-order valence-corrected chi connectivity index (χ0v) is 10.8. The van der Waals surface area contributed by atoms with Gasteiger partial charge in [-0.2, -0.15) is 0 Å². The van der Waals surface area contributed by atoms with Gasteiger partial charge in [-0.05, 0) is 39.0 Å². The second-order valence-electron chi connectivity index (χ2n) is 4.37. The number of amides is 1. The van der Waals surface area contributed by atoms with Crippen molar-refractivity contribution in [3.05, 3.63) is 30.0 Å². The molecule has 0 atom stereocenters. The maximum Gasteiger partial charge on any atom is 0.251 e. The summed E-state index contributed by atoms with van der Waals surface area (Å²) in [6.07, 6.45) is 1.59. The molecule has 1 N–H and O–H groups in total. The molecule has 1 aromatic carbocycles. The van der Waals surface area contributed by atoms with Crippen molar-refractivity contribution in [3.63, 3.8) is 0 Å². The van der Waals surface area contributed by atoms with E-state index in [0.717, 1.165) is 5.39 Å². The third-order valence-electron chi connectivity index (χ3n) is 2.52. The zero-order chi connectivity index (χ0) is 13.1. The lowest BCUT2D eigenvalue weighted by Crippen LogP contribution is -2.30. The van der Waals surface area contributed by atoms with Gasteiger partial charge in [0.15, 0.2) is 0 Å². The third kappa shape index (κ3) is 2.47. The van der Waals surface area contributed by atoms with Crippen molar-refractivity contribution in [2.24, 2.45) is 0 Å². The van der Waals surface area contributed by atoms with Crippen LogP contribution >= 0.6 is 0 Å². The quantitative estimate of drug-likeness (QED) is 0.903. The van der Waals surface area contributed by atoms with E-state index in [9.17, 15) is 4.79 Å². The summed E-state index contributed by atoms with van der Waals surface area (Å²) in [5.74, 6) is 0.557. The number of hydrogen-bond acceptors (Lipinski definition) is 3. The predicted molar refractivity (Wildman–Crippen MR) is 70.0 cm³/mol. The topological polar surface area (TPSA) is 51.5 Å². The van der Waals surface area contributed by atoms with Crippen LogP contribution in [-0.4, -0.2) is 18.6 Å². The summed E-state index contributed by atoms with van der Waals surface area (Å²) in [6, 6.07) is 5.42. The maximum atomic E-state index is 12.0. The molecule has 1 heterocycles. The summed E-state index contributed by atoms with van der Waals surface area (Å²) < 4.78 is 10.9. The van der Waals surface area contributed by atoms with E-state index in [0.29, 0.717) is 23.5 Å². The van der Waals surface area contributed by atoms with Gasteiger partial charge >= 0.3 is 0 Å². The Morgan fingerprint density at radius 2 is 2.22 bits per heavy atom. The fourth-order valence-corrected chi connectivity index (χ4v) is 1.79. The van der Waals surface area contributed by atoms with E-state index in [1.807, 2.05) is 26.8 Å². The Labute approximate surface area is 106 Å². The maximum absolute atomic E-state index is 12.0. The Bertz CT molecular complexity index is 557. The summed E-state index contributed by atoms with van der Waals surface area (Å²) in [5.41, 5.74) is 1.21. The smallest absolute Gasteiger partial charge is 0.251 e. The SMILES string of the molecule is CCOc1cc(C(=O)NC(C)C)cc2occc12. The van der Waals surface area contributed by atoms with Crippen molar-refractivity contribution >= 4 is 16.9 Å². The second kappa shape index (κ2) is 5.12. The van der Waals surface area contributed by atoms with Gasteiger partial charge in [-0.1, -0.05) is 0 Å². The molecule has 1 amide bonds. The summed E-state index contributed by atoms with van der Waals surface area (Å²) in [4.78, 5) is 12.0. The van der Waals surface area contributed by atoms with Crippen LogP contribution in [0, 0.1) is 0 Å². The minimum Gasteiger partial charge on any atom is -0.493 e. The van der Waals surface area contributed by atoms with Gasteiger partial charge < -0.3 is 14.5 Å². The molecule has 0 aliphatic carbocycles. The molecule has 4 heteroatoms. The molecule has 18 heavy (non-hydrogen) atoms. The summed E-state index contributed by atoms with van der Waals surface area (Å²) >= 11 is 0. The number of hydrogen-bond donors (Lipinski definition) is 1. The molecule has 0 unspecified atom stereocenters. The van der Waals surface area contributed by atoms with Crippen LogP contribution in [0.2, 0.25) is 0 Å². The first kappa shape index (κ1) is 12.5. The average molecular weight is 247 g/mol. The lowest BCUT2D eigenvalue weighted by Gasteiger charge is -2.10. The fourth-order valence-electron chi connectivity index (χ4n) is 1.79. The van der Waals surface area contributed by atoms with Crippen LogP contribution in [0.25, 0.3) is 11.0 Å². The van der Waals surface area contributed by atoms with Crippen LogP contribution in [0.4, 0.5) is 0 Å². The normalized spacial score (nSPS) is 10.9. The van der Waals surface area contributed by atoms with Gasteiger partial charge in [0.2, 0.25) is 0 Å². The van der Waals surface area contributed by atoms with E-state index in [1.165, 1.54) is 0 Å². The number of nitrogens with one attached hydrogen (secondary N) is 1. The molecule has 0 saturated heterocycles. The Kier molecular flexibility index (Phi) is 3.55. The molecular weight excluding hydrogens is 230 g/mol. The highest BCUT2D eigenvalue weighted by atomic mass is 16.5. The molecule has 0 spiro atoms. The Balaban J connectivity index is 2.42. The van der Waals surface area contributed by atoms with E-state index in [-0.39, 0.29) is 11.9 Å². The molecule has 0 saturated carbocycles. The lowest BCUT2D eigenvalue weighted by molar-refractivity contribution is 0.0942. The molecule has 0 fully saturated rings. The van der Waals surface area contributed by atoms with Gasteiger partial charge in [-0.15, -0.1) is 0 Å². The van der Waals surface area contributed by atoms with Crippen LogP contribution in [-0.2, 0) is 0 Å². The number of benzene rings is 1. The lowest BCUT2D eigenvalue weighted by atomic mass is 10.1. The van der Waals surface area contributed by atoms with Gasteiger partial charge in [0.05, 0.1) is 18.3 Å². The second-order valence-corrected chi connectivity index (χ2v) is 4.37. The van der Waals surface area contributed by atoms with Gasteiger partial charge in [0.1, 0.15) is 11.3 Å². The molecule has 0 aliphatic heterocycles. The molecule has 0 bridgehead atoms. The number of furan rings is 1. The Morgan fingerprint density at radius 3 is 2.89 bits per heavy atom. The van der Waals surface area contributed by atoms with Gasteiger partial charge in [-0.3, -0.25) is 4.79 Å². The van der Waals surface area contributed by atoms with Crippen LogP contribution in [0.15, 0.2) is 28.9 Å². The van der Waals surface area contributed by atoms with Gasteiger partial charge in [-0.25, -0.2) is 0 Å². The Morgan fingerprint density at radius 1 is 1.44 bits per heavy atom. The average Bonchev–Trinajstić information content (AvgIpc) is 2.76. The minimum absolute atomic E-state index is 0.0975. The number of ether oxygens (including phenoxy) is 1. The molecule has 96 valence electrons. The first-order valence-electron chi connectivity index (χ1n) is 6.06. The summed E-state index contributed by atoms with van der Waals surface area (Å²) in [5, 5.41) is 3.74. The van der Waals surface area contributed by atoms with Gasteiger partial charge in [0, 0.05) is 11.6 Å². The number of carbonyl (C=O) groups excluding carboxylic acids is 1. The van der Waals surface area contributed by atoms with Crippen molar-refractivity contribution < 1.29 is 13.9 Å². The van der Waals surface area contributed by atoms with Crippen LogP contribution in [0.1, 0.15) is 31.1 Å². The van der Waals surface area contributed by atoms with Gasteiger partial charge in [0.25, 0.3) is 5.91 Å². The molecule has 1 aromatic heterocycles. The Hall–Kier alpha value is -1.97. The molecule has 2 aromatic rings. The highest BCUT2D eigenvalue weighted by Gasteiger charge is 2.13. The number of fused-ring (bicyclic) bond motifs is 1. The summed E-state index contributed by atoms with van der Waals surface area (Å²) in [7, 11) is 0. The van der Waals surface area contributed by atoms with E-state index in [1.54, 1.807) is 18.4 Å². The first-order valence-corrected chi connectivity index (χ1v) is 6.06. The molecule has 0 aliphatic rings. The molecule has 0 radical (unpaired) electrons. The first-order chi connectivity index (χ1) is 8.61. The largest absolute Gasteiger partial charge is 0.493 e. The van der Waals surface area contributed by atoms with Crippen molar-refractivity contribution in [1.82, 2.24) is 5.32 Å². The number of carbonyl (C=O) groups is 1. The summed E-state index contributed by atoms with van der Waals surface area (Å²) in [6.45, 7) is 6.31. The monoisotopic (exact) mass is 247 g/mol. The molecule has 2 rings (SSSR count). The van der Waals surface area contributed by atoms with Crippen molar-refractivity contribution in [1.29, 1.82) is 0 Å². The third-order valence-corrected chi connectivity index (χ3v) is 2.52. The zero-order valence-electron chi connectivity index (χ0n) is 10.8. The molecule has 4 nitrogen and oxygen atoms in total. The van der Waals surface area contributed by atoms with E-state index in [2.05, 4.69) is 5.32 Å². The highest BCUT2D eigenvalue weighted by Crippen LogP contribution is 2.28. The van der Waals surface area contributed by atoms with Crippen molar-refractivity contribution in [2.75, 3.05) is 6.61 Å². The van der Waals surface area contributed by atoms with Crippen molar-refractivity contribution in [3.8, 4) is 5.75 Å². The van der Waals surface area contributed by atoms with Crippen molar-refractivity contribution in [2.45, 2.75) is 26.8 Å². The number of rotatable bonds is 4. The van der Waals surface area contributed by atoms with Crippen LogP contribution < -0.4 is 10.1 Å². The van der Waals surface area contributed by atoms with E-state index >= 15 is 0 Å². The van der Waals surface area contributed by atoms with Crippen LogP contribution in [0.3, 0.4) is 0 Å². The minimum atomic E-state index is -0.121. The molecular formula is C14H17NO3. The standard InChI is InChI=1S/C14H17NO3/c1-4-17-12-7-10(14(16)15-9(2)3)8-13-11(12)5-6-18-13/h5-9H,4H2,1-3H3,(H,15,16). The fraction of sp³-hybridized carbons (Fsp3) is 0.357. The van der Waals surface area contributed by atoms with Crippen LogP contribution in [0.5, 0.6) is 5.75 Å². The predicted octanol–water partition coefficient (Wildman–Crippen LogP) is 2.97. The van der Waals surface area contributed by atoms with E-state index in [4.69, 9.17) is 9.15 Å². The van der Waals surface area contributed by atoms with E-state index < -0.39 is 0 Å².